The van der Waals surface area contributed by atoms with Crippen LogP contribution >= 0.6 is 0 Å². The predicted octanol–water partition coefficient (Wildman–Crippen LogP) is 5.82. The molecule has 0 unspecified atom stereocenters. The summed E-state index contributed by atoms with van der Waals surface area (Å²) in [6, 6.07) is 28.8. The molecule has 1 fully saturated rings. The number of carbonyl (C=O) groups is 1. The number of aromatic nitrogens is 2. The third-order valence-electron chi connectivity index (χ3n) is 6.64. The van der Waals surface area contributed by atoms with E-state index in [1.165, 1.54) is 5.56 Å². The van der Waals surface area contributed by atoms with Crippen LogP contribution in [-0.2, 0) is 11.2 Å². The Morgan fingerprint density at radius 2 is 1.60 bits per heavy atom. The molecule has 1 atom stereocenters. The number of carbonyl (C=O) groups excluding carboxylic acids is 1. The lowest BCUT2D eigenvalue weighted by Crippen LogP contribution is -2.34. The molecule has 1 aliphatic carbocycles. The lowest BCUT2D eigenvalue weighted by Gasteiger charge is -2.26. The number of nitrogens with one attached hydrogen (secondary N) is 1. The van der Waals surface area contributed by atoms with Gasteiger partial charge in [-0.25, -0.2) is 9.97 Å². The van der Waals surface area contributed by atoms with Gasteiger partial charge in [0.25, 0.3) is 0 Å². The average molecular weight is 465 g/mol. The van der Waals surface area contributed by atoms with Crippen LogP contribution in [-0.4, -0.2) is 29.0 Å². The molecule has 0 bridgehead atoms. The minimum atomic E-state index is -0.0252. The molecule has 1 heterocycles. The van der Waals surface area contributed by atoms with Gasteiger partial charge in [0.1, 0.15) is 11.6 Å². The van der Waals surface area contributed by atoms with Gasteiger partial charge >= 0.3 is 0 Å². The van der Waals surface area contributed by atoms with Gasteiger partial charge in [0.2, 0.25) is 5.91 Å². The fourth-order valence-electron chi connectivity index (χ4n) is 4.45. The van der Waals surface area contributed by atoms with Gasteiger partial charge < -0.3 is 10.2 Å². The molecule has 5 nitrogen and oxygen atoms in total. The number of anilines is 1. The van der Waals surface area contributed by atoms with E-state index in [2.05, 4.69) is 46.6 Å². The van der Waals surface area contributed by atoms with Crippen molar-refractivity contribution in [3.05, 3.63) is 102 Å². The molecule has 4 aromatic rings. The van der Waals surface area contributed by atoms with E-state index in [0.717, 1.165) is 53.9 Å². The summed E-state index contributed by atoms with van der Waals surface area (Å²) in [5.74, 6) is 2.39. The molecule has 0 spiro atoms. The van der Waals surface area contributed by atoms with Crippen LogP contribution in [0.3, 0.4) is 0 Å². The van der Waals surface area contributed by atoms with Crippen LogP contribution in [0.15, 0.2) is 84.9 Å². The Hall–Kier alpha value is -3.73. The first-order valence-electron chi connectivity index (χ1n) is 12.6. The van der Waals surface area contributed by atoms with E-state index in [0.29, 0.717) is 18.9 Å². The molecule has 1 amide bonds. The zero-order chi connectivity index (χ0) is 24.0. The van der Waals surface area contributed by atoms with Crippen LogP contribution in [0, 0.1) is 0 Å². The number of nitrogens with zero attached hydrogens (tertiary/aromatic N) is 3. The maximum atomic E-state index is 12.9. The molecule has 35 heavy (non-hydrogen) atoms. The monoisotopic (exact) mass is 464 g/mol. The first kappa shape index (κ1) is 23.0. The van der Waals surface area contributed by atoms with E-state index in [4.69, 9.17) is 9.97 Å². The van der Waals surface area contributed by atoms with Gasteiger partial charge in [-0.05, 0) is 49.4 Å². The summed E-state index contributed by atoms with van der Waals surface area (Å²) in [5, 5.41) is 4.20. The van der Waals surface area contributed by atoms with Crippen molar-refractivity contribution in [3.8, 4) is 0 Å². The van der Waals surface area contributed by atoms with Gasteiger partial charge in [-0.15, -0.1) is 0 Å². The first-order chi connectivity index (χ1) is 17.2. The number of benzene rings is 3. The van der Waals surface area contributed by atoms with Crippen molar-refractivity contribution in [2.75, 3.05) is 18.0 Å². The van der Waals surface area contributed by atoms with Crippen molar-refractivity contribution >= 4 is 22.6 Å². The topological polar surface area (TPSA) is 58.1 Å². The molecule has 0 saturated heterocycles. The Kier molecular flexibility index (Phi) is 7.03. The third kappa shape index (κ3) is 5.86. The summed E-state index contributed by atoms with van der Waals surface area (Å²) in [7, 11) is 0. The van der Waals surface area contributed by atoms with Crippen molar-refractivity contribution in [2.24, 2.45) is 0 Å². The van der Waals surface area contributed by atoms with E-state index < -0.39 is 0 Å². The van der Waals surface area contributed by atoms with Gasteiger partial charge in [-0.2, -0.15) is 0 Å². The largest absolute Gasteiger partial charge is 0.355 e. The van der Waals surface area contributed by atoms with Crippen molar-refractivity contribution in [2.45, 2.75) is 44.6 Å². The maximum absolute atomic E-state index is 12.9. The van der Waals surface area contributed by atoms with Crippen LogP contribution in [0.5, 0.6) is 0 Å². The molecule has 1 aromatic heterocycles. The van der Waals surface area contributed by atoms with E-state index in [9.17, 15) is 4.79 Å². The Labute approximate surface area is 207 Å². The van der Waals surface area contributed by atoms with Crippen molar-refractivity contribution in [1.29, 1.82) is 0 Å². The Balaban J connectivity index is 1.37. The molecule has 1 aliphatic rings. The van der Waals surface area contributed by atoms with Crippen LogP contribution in [0.2, 0.25) is 0 Å². The maximum Gasteiger partial charge on any atom is 0.222 e. The smallest absolute Gasteiger partial charge is 0.222 e. The molecule has 178 valence electrons. The number of rotatable bonds is 10. The number of amides is 1. The van der Waals surface area contributed by atoms with Crippen molar-refractivity contribution in [1.82, 2.24) is 15.3 Å². The summed E-state index contributed by atoms with van der Waals surface area (Å²) in [4.78, 5) is 25.1. The Morgan fingerprint density at radius 3 is 2.34 bits per heavy atom. The average Bonchev–Trinajstić information content (AvgIpc) is 3.75. The number of hydrogen-bond donors (Lipinski definition) is 1. The van der Waals surface area contributed by atoms with Gasteiger partial charge in [-0.3, -0.25) is 4.79 Å². The molecule has 5 heteroatoms. The molecular formula is C30H32N4O. The highest BCUT2D eigenvalue weighted by Crippen LogP contribution is 2.40. The number of hydrogen-bond acceptors (Lipinski definition) is 4. The van der Waals surface area contributed by atoms with Gasteiger partial charge in [0, 0.05) is 30.8 Å². The lowest BCUT2D eigenvalue weighted by atomic mass is 10.1. The summed E-state index contributed by atoms with van der Waals surface area (Å²) in [6.45, 7) is 3.42. The molecule has 5 rings (SSSR count). The quantitative estimate of drug-likeness (QED) is 0.321. The standard InChI is InChI=1S/C30H32N4O/c1-22(24-12-6-3-7-13-24)31-28(35)19-21-34(20-18-23-10-4-2-5-11-23)30-26-14-8-9-15-27(26)32-29(33-30)25-16-17-25/h2-15,22,25H,16-21H2,1H3,(H,31,35)/t22-/m1/s1. The third-order valence-corrected chi connectivity index (χ3v) is 6.64. The molecule has 3 aromatic carbocycles. The highest BCUT2D eigenvalue weighted by atomic mass is 16.1. The second kappa shape index (κ2) is 10.7. The lowest BCUT2D eigenvalue weighted by molar-refractivity contribution is -0.121. The fraction of sp³-hybridized carbons (Fsp3) is 0.300. The predicted molar refractivity (Wildman–Crippen MR) is 141 cm³/mol. The Morgan fingerprint density at radius 1 is 0.914 bits per heavy atom. The Bertz CT molecular complexity index is 1270. The van der Waals surface area contributed by atoms with E-state index in [-0.39, 0.29) is 11.9 Å². The van der Waals surface area contributed by atoms with Gasteiger partial charge in [-0.1, -0.05) is 72.8 Å². The van der Waals surface area contributed by atoms with Gasteiger partial charge in [0.15, 0.2) is 0 Å². The minimum Gasteiger partial charge on any atom is -0.355 e. The van der Waals surface area contributed by atoms with Crippen LogP contribution in [0.25, 0.3) is 10.9 Å². The molecule has 1 saturated carbocycles. The first-order valence-corrected chi connectivity index (χ1v) is 12.6. The summed E-state index contributed by atoms with van der Waals surface area (Å²) in [6.07, 6.45) is 3.60. The van der Waals surface area contributed by atoms with Crippen LogP contribution in [0.1, 0.15) is 55.1 Å². The van der Waals surface area contributed by atoms with Crippen LogP contribution < -0.4 is 10.2 Å². The second-order valence-corrected chi connectivity index (χ2v) is 9.37. The van der Waals surface area contributed by atoms with E-state index in [1.807, 2.05) is 55.5 Å². The highest BCUT2D eigenvalue weighted by molar-refractivity contribution is 5.90. The van der Waals surface area contributed by atoms with Crippen molar-refractivity contribution < 1.29 is 4.79 Å². The normalized spacial score (nSPS) is 14.0. The SMILES string of the molecule is C[C@@H](NC(=O)CCN(CCc1ccccc1)c1nc(C2CC2)nc2ccccc12)c1ccccc1. The fourth-order valence-corrected chi connectivity index (χ4v) is 4.45. The summed E-state index contributed by atoms with van der Waals surface area (Å²) in [5.41, 5.74) is 3.37. The summed E-state index contributed by atoms with van der Waals surface area (Å²) < 4.78 is 0. The van der Waals surface area contributed by atoms with Gasteiger partial charge in [0.05, 0.1) is 11.6 Å². The summed E-state index contributed by atoms with van der Waals surface area (Å²) >= 11 is 0. The van der Waals surface area contributed by atoms with Crippen LogP contribution in [0.4, 0.5) is 5.82 Å². The van der Waals surface area contributed by atoms with E-state index in [1.54, 1.807) is 0 Å². The molecule has 0 aliphatic heterocycles. The second-order valence-electron chi connectivity index (χ2n) is 9.37. The van der Waals surface area contributed by atoms with E-state index >= 15 is 0 Å². The molecule has 1 N–H and O–H groups in total. The number of fused-ring (bicyclic) bond motifs is 1. The number of para-hydroxylation sites is 1. The highest BCUT2D eigenvalue weighted by Gasteiger charge is 2.28. The zero-order valence-corrected chi connectivity index (χ0v) is 20.2. The minimum absolute atomic E-state index is 0.0252. The molecule has 0 radical (unpaired) electrons. The van der Waals surface area contributed by atoms with Crippen molar-refractivity contribution in [3.63, 3.8) is 0 Å². The molecular weight excluding hydrogens is 432 g/mol. The zero-order valence-electron chi connectivity index (χ0n) is 20.2.